The van der Waals surface area contributed by atoms with Gasteiger partial charge in [-0.1, -0.05) is 42.5 Å². The number of ketones is 1. The molecule has 4 heteroatoms. The van der Waals surface area contributed by atoms with E-state index in [1.807, 2.05) is 36.4 Å². The lowest BCUT2D eigenvalue weighted by Gasteiger charge is -1.95. The van der Waals surface area contributed by atoms with E-state index in [0.717, 1.165) is 5.56 Å². The molecule has 0 radical (unpaired) electrons. The van der Waals surface area contributed by atoms with Gasteiger partial charge in [0, 0.05) is 11.1 Å². The number of nitrogens with zero attached hydrogens (tertiary/aromatic N) is 2. The Labute approximate surface area is 109 Å². The van der Waals surface area contributed by atoms with E-state index in [2.05, 4.69) is 14.9 Å². The third-order valence-corrected chi connectivity index (χ3v) is 2.79. The molecule has 0 saturated heterocycles. The number of aromatic nitrogens is 2. The number of hydrogen-bond donors (Lipinski definition) is 0. The molecule has 1 heterocycles. The molecule has 0 aliphatic carbocycles. The normalized spacial score (nSPS) is 11.2. The van der Waals surface area contributed by atoms with Crippen LogP contribution in [0.5, 0.6) is 0 Å². The van der Waals surface area contributed by atoms with E-state index >= 15 is 0 Å². The monoisotopic (exact) mass is 250 g/mol. The molecule has 0 atom stereocenters. The van der Waals surface area contributed by atoms with E-state index < -0.39 is 0 Å². The van der Waals surface area contributed by atoms with Crippen molar-refractivity contribution in [2.45, 2.75) is 0 Å². The van der Waals surface area contributed by atoms with Crippen LogP contribution in [0.4, 0.5) is 0 Å². The maximum Gasteiger partial charge on any atom is 0.185 e. The van der Waals surface area contributed by atoms with Crippen LogP contribution in [0.2, 0.25) is 0 Å². The fraction of sp³-hybridized carbons (Fsp3) is 0. The van der Waals surface area contributed by atoms with E-state index in [0.29, 0.717) is 16.6 Å². The Morgan fingerprint density at radius 2 is 1.84 bits per heavy atom. The van der Waals surface area contributed by atoms with Crippen molar-refractivity contribution in [2.24, 2.45) is 0 Å². The minimum atomic E-state index is -0.0472. The summed E-state index contributed by atoms with van der Waals surface area (Å²) in [6, 6.07) is 14.6. The summed E-state index contributed by atoms with van der Waals surface area (Å²) in [6.07, 6.45) is 3.25. The molecule has 2 aromatic carbocycles. The second-order valence-corrected chi connectivity index (χ2v) is 4.04. The molecule has 1 aromatic heterocycles. The largest absolute Gasteiger partial charge is 0.289 e. The van der Waals surface area contributed by atoms with Crippen LogP contribution in [0, 0.1) is 0 Å². The molecule has 92 valence electrons. The van der Waals surface area contributed by atoms with Crippen molar-refractivity contribution in [1.82, 2.24) is 10.3 Å². The Kier molecular flexibility index (Phi) is 2.90. The van der Waals surface area contributed by atoms with Crippen molar-refractivity contribution >= 4 is 22.9 Å². The van der Waals surface area contributed by atoms with Crippen LogP contribution in [-0.4, -0.2) is 16.1 Å². The second-order valence-electron chi connectivity index (χ2n) is 4.04. The molecule has 0 spiro atoms. The third kappa shape index (κ3) is 2.28. The minimum absolute atomic E-state index is 0.0472. The summed E-state index contributed by atoms with van der Waals surface area (Å²) in [5.74, 6) is -0.0472. The van der Waals surface area contributed by atoms with Crippen LogP contribution in [-0.2, 0) is 0 Å². The van der Waals surface area contributed by atoms with Gasteiger partial charge < -0.3 is 0 Å². The first-order chi connectivity index (χ1) is 9.34. The molecule has 19 heavy (non-hydrogen) atoms. The van der Waals surface area contributed by atoms with Gasteiger partial charge in [0.1, 0.15) is 11.0 Å². The Hall–Kier alpha value is -2.75. The van der Waals surface area contributed by atoms with Crippen molar-refractivity contribution in [2.75, 3.05) is 0 Å². The maximum absolute atomic E-state index is 11.9. The van der Waals surface area contributed by atoms with Gasteiger partial charge in [0.05, 0.1) is 0 Å². The predicted molar refractivity (Wildman–Crippen MR) is 71.6 cm³/mol. The van der Waals surface area contributed by atoms with E-state index in [1.165, 1.54) is 6.08 Å². The van der Waals surface area contributed by atoms with Gasteiger partial charge in [-0.25, -0.2) is 4.63 Å². The fourth-order valence-electron chi connectivity index (χ4n) is 1.83. The molecule has 0 aliphatic heterocycles. The molecule has 3 rings (SSSR count). The Bertz CT molecular complexity index is 745. The van der Waals surface area contributed by atoms with Gasteiger partial charge in [-0.3, -0.25) is 4.79 Å². The quantitative estimate of drug-likeness (QED) is 0.529. The highest BCUT2D eigenvalue weighted by Gasteiger charge is 2.04. The summed E-state index contributed by atoms with van der Waals surface area (Å²) in [5, 5.41) is 7.58. The van der Waals surface area contributed by atoms with Gasteiger partial charge in [-0.2, -0.15) is 0 Å². The van der Waals surface area contributed by atoms with Crippen LogP contribution in [0.1, 0.15) is 15.9 Å². The lowest BCUT2D eigenvalue weighted by molar-refractivity contribution is 0.104. The van der Waals surface area contributed by atoms with Crippen molar-refractivity contribution in [3.05, 3.63) is 65.7 Å². The molecular formula is C15H10N2O2. The summed E-state index contributed by atoms with van der Waals surface area (Å²) in [5.41, 5.74) is 2.79. The van der Waals surface area contributed by atoms with Crippen molar-refractivity contribution < 1.29 is 9.42 Å². The van der Waals surface area contributed by atoms with Crippen molar-refractivity contribution in [3.8, 4) is 0 Å². The number of benzene rings is 2. The van der Waals surface area contributed by atoms with E-state index in [9.17, 15) is 4.79 Å². The zero-order valence-electron chi connectivity index (χ0n) is 9.98. The molecule has 0 unspecified atom stereocenters. The summed E-state index contributed by atoms with van der Waals surface area (Å²) in [4.78, 5) is 11.9. The molecule has 0 aliphatic rings. The molecule has 0 bridgehead atoms. The summed E-state index contributed by atoms with van der Waals surface area (Å²) in [6.45, 7) is 0. The van der Waals surface area contributed by atoms with Gasteiger partial charge in [0.15, 0.2) is 5.78 Å². The number of allylic oxidation sites excluding steroid dienone is 1. The standard InChI is InChI=1S/C15H10N2O2/c18-14(11-5-2-1-3-6-11)10-9-12-7-4-8-13-15(12)17-19-16-13/h1-10H/b10-9+. The highest BCUT2D eigenvalue weighted by atomic mass is 16.6. The fourth-order valence-corrected chi connectivity index (χ4v) is 1.83. The molecule has 4 nitrogen and oxygen atoms in total. The van der Waals surface area contributed by atoms with Gasteiger partial charge >= 0.3 is 0 Å². The molecule has 3 aromatic rings. The van der Waals surface area contributed by atoms with Crippen LogP contribution < -0.4 is 0 Å². The Morgan fingerprint density at radius 3 is 2.68 bits per heavy atom. The zero-order chi connectivity index (χ0) is 13.1. The van der Waals surface area contributed by atoms with Crippen LogP contribution in [0.25, 0.3) is 17.1 Å². The number of hydrogen-bond acceptors (Lipinski definition) is 4. The number of fused-ring (bicyclic) bond motifs is 1. The summed E-state index contributed by atoms with van der Waals surface area (Å²) < 4.78 is 4.68. The first-order valence-corrected chi connectivity index (χ1v) is 5.83. The minimum Gasteiger partial charge on any atom is -0.289 e. The maximum atomic E-state index is 11.9. The van der Waals surface area contributed by atoms with E-state index in [-0.39, 0.29) is 5.78 Å². The lowest BCUT2D eigenvalue weighted by atomic mass is 10.1. The van der Waals surface area contributed by atoms with E-state index in [1.54, 1.807) is 18.2 Å². The molecule has 0 saturated carbocycles. The van der Waals surface area contributed by atoms with Gasteiger partial charge in [0.25, 0.3) is 0 Å². The number of carbonyl (C=O) groups is 1. The molecular weight excluding hydrogens is 240 g/mol. The highest BCUT2D eigenvalue weighted by molar-refractivity contribution is 6.07. The highest BCUT2D eigenvalue weighted by Crippen LogP contribution is 2.16. The van der Waals surface area contributed by atoms with E-state index in [4.69, 9.17) is 0 Å². The topological polar surface area (TPSA) is 56.0 Å². The summed E-state index contributed by atoms with van der Waals surface area (Å²) >= 11 is 0. The zero-order valence-corrected chi connectivity index (χ0v) is 9.98. The second kappa shape index (κ2) is 4.86. The van der Waals surface area contributed by atoms with Gasteiger partial charge in [-0.15, -0.1) is 0 Å². The SMILES string of the molecule is O=C(/C=C/c1cccc2nonc12)c1ccccc1. The summed E-state index contributed by atoms with van der Waals surface area (Å²) in [7, 11) is 0. The average molecular weight is 250 g/mol. The number of carbonyl (C=O) groups excluding carboxylic acids is 1. The van der Waals surface area contributed by atoms with Crippen molar-refractivity contribution in [1.29, 1.82) is 0 Å². The Balaban J connectivity index is 1.91. The third-order valence-electron chi connectivity index (χ3n) is 2.79. The van der Waals surface area contributed by atoms with Gasteiger partial charge in [0.2, 0.25) is 0 Å². The average Bonchev–Trinajstić information content (AvgIpc) is 2.94. The lowest BCUT2D eigenvalue weighted by Crippen LogP contribution is -1.92. The first-order valence-electron chi connectivity index (χ1n) is 5.83. The molecule has 0 fully saturated rings. The van der Waals surface area contributed by atoms with Crippen LogP contribution in [0.3, 0.4) is 0 Å². The molecule has 0 N–H and O–H groups in total. The van der Waals surface area contributed by atoms with Crippen LogP contribution in [0.15, 0.2) is 59.2 Å². The van der Waals surface area contributed by atoms with Crippen molar-refractivity contribution in [3.63, 3.8) is 0 Å². The number of rotatable bonds is 3. The van der Waals surface area contributed by atoms with Crippen LogP contribution >= 0.6 is 0 Å². The Morgan fingerprint density at radius 1 is 1.00 bits per heavy atom. The molecule has 0 amide bonds. The smallest absolute Gasteiger partial charge is 0.185 e. The van der Waals surface area contributed by atoms with Gasteiger partial charge in [-0.05, 0) is 28.5 Å². The predicted octanol–water partition coefficient (Wildman–Crippen LogP) is 3.12. The first kappa shape index (κ1) is 11.3.